The summed E-state index contributed by atoms with van der Waals surface area (Å²) in [6.07, 6.45) is -1.43. The fourth-order valence-electron chi connectivity index (χ4n) is 0.495. The second kappa shape index (κ2) is 4.25. The number of halogens is 3. The molecular weight excluding hydrogens is 213 g/mol. The standard InChI is InChI=1S/C5H9F3O4S/c1-3-11-4(2)12-13(9,10)5(6,7)8/h4H,3H2,1-2H3. The van der Waals surface area contributed by atoms with Gasteiger partial charge in [-0.25, -0.2) is 4.18 Å². The fourth-order valence-corrected chi connectivity index (χ4v) is 1.02. The minimum Gasteiger partial charge on any atom is -0.352 e. The highest BCUT2D eigenvalue weighted by atomic mass is 32.2. The van der Waals surface area contributed by atoms with Crippen LogP contribution in [0.15, 0.2) is 0 Å². The molecule has 0 aromatic heterocycles. The van der Waals surface area contributed by atoms with Crippen LogP contribution in [0.5, 0.6) is 0 Å². The molecular formula is C5H9F3O4S. The first-order valence-corrected chi connectivity index (χ1v) is 4.72. The van der Waals surface area contributed by atoms with Gasteiger partial charge in [-0.3, -0.25) is 0 Å². The van der Waals surface area contributed by atoms with E-state index in [4.69, 9.17) is 0 Å². The number of alkyl halides is 3. The first-order valence-electron chi connectivity index (χ1n) is 3.32. The third-order valence-electron chi connectivity index (χ3n) is 0.947. The number of hydrogen-bond acceptors (Lipinski definition) is 4. The van der Waals surface area contributed by atoms with Gasteiger partial charge in [0, 0.05) is 6.61 Å². The van der Waals surface area contributed by atoms with Crippen molar-refractivity contribution in [2.24, 2.45) is 0 Å². The molecule has 0 radical (unpaired) electrons. The van der Waals surface area contributed by atoms with Gasteiger partial charge in [-0.2, -0.15) is 21.6 Å². The number of rotatable bonds is 4. The topological polar surface area (TPSA) is 52.6 Å². The molecule has 1 unspecified atom stereocenters. The van der Waals surface area contributed by atoms with Gasteiger partial charge >= 0.3 is 15.6 Å². The summed E-state index contributed by atoms with van der Waals surface area (Å²) < 4.78 is 63.8. The van der Waals surface area contributed by atoms with Gasteiger partial charge in [0.2, 0.25) is 0 Å². The van der Waals surface area contributed by atoms with Crippen LogP contribution in [0.4, 0.5) is 13.2 Å². The molecule has 80 valence electrons. The van der Waals surface area contributed by atoms with Crippen molar-refractivity contribution in [1.29, 1.82) is 0 Å². The quantitative estimate of drug-likeness (QED) is 0.408. The molecule has 4 nitrogen and oxygen atoms in total. The van der Waals surface area contributed by atoms with Crippen LogP contribution in [-0.4, -0.2) is 26.8 Å². The summed E-state index contributed by atoms with van der Waals surface area (Å²) in [7, 11) is -5.54. The van der Waals surface area contributed by atoms with Crippen LogP contribution in [0.2, 0.25) is 0 Å². The Labute approximate surface area is 73.8 Å². The zero-order valence-corrected chi connectivity index (χ0v) is 7.78. The summed E-state index contributed by atoms with van der Waals surface area (Å²) >= 11 is 0. The van der Waals surface area contributed by atoms with Gasteiger partial charge < -0.3 is 4.74 Å². The molecule has 1 atom stereocenters. The highest BCUT2D eigenvalue weighted by molar-refractivity contribution is 7.87. The second-order valence-electron chi connectivity index (χ2n) is 2.02. The fraction of sp³-hybridized carbons (Fsp3) is 1.00. The van der Waals surface area contributed by atoms with E-state index in [1.165, 1.54) is 6.92 Å². The molecule has 0 fully saturated rings. The van der Waals surface area contributed by atoms with Crippen LogP contribution in [0.1, 0.15) is 13.8 Å². The lowest BCUT2D eigenvalue weighted by atomic mass is 10.7. The molecule has 8 heteroatoms. The Kier molecular flexibility index (Phi) is 4.14. The first-order chi connectivity index (χ1) is 5.70. The molecule has 0 heterocycles. The van der Waals surface area contributed by atoms with Crippen molar-refractivity contribution < 1.29 is 30.5 Å². The normalized spacial score (nSPS) is 15.8. The first kappa shape index (κ1) is 12.7. The molecule has 0 amide bonds. The zero-order chi connectivity index (χ0) is 10.7. The van der Waals surface area contributed by atoms with E-state index in [0.29, 0.717) is 0 Å². The van der Waals surface area contributed by atoms with Crippen molar-refractivity contribution in [3.63, 3.8) is 0 Å². The monoisotopic (exact) mass is 222 g/mol. The van der Waals surface area contributed by atoms with E-state index in [-0.39, 0.29) is 6.61 Å². The minimum atomic E-state index is -5.54. The lowest BCUT2D eigenvalue weighted by molar-refractivity contribution is -0.0931. The zero-order valence-electron chi connectivity index (χ0n) is 6.96. The molecule has 0 bridgehead atoms. The summed E-state index contributed by atoms with van der Waals surface area (Å²) in [6, 6.07) is 0. The highest BCUT2D eigenvalue weighted by Crippen LogP contribution is 2.25. The van der Waals surface area contributed by atoms with E-state index in [0.717, 1.165) is 6.92 Å². The van der Waals surface area contributed by atoms with Crippen molar-refractivity contribution >= 4 is 10.1 Å². The van der Waals surface area contributed by atoms with Crippen molar-refractivity contribution in [3.8, 4) is 0 Å². The van der Waals surface area contributed by atoms with E-state index in [1.54, 1.807) is 0 Å². The number of hydrogen-bond donors (Lipinski definition) is 0. The van der Waals surface area contributed by atoms with Gasteiger partial charge in [-0.15, -0.1) is 0 Å². The molecule has 0 rings (SSSR count). The third-order valence-corrected chi connectivity index (χ3v) is 2.04. The van der Waals surface area contributed by atoms with E-state index >= 15 is 0 Å². The van der Waals surface area contributed by atoms with Crippen molar-refractivity contribution in [2.75, 3.05) is 6.61 Å². The molecule has 0 aromatic carbocycles. The predicted octanol–water partition coefficient (Wildman–Crippen LogP) is 1.24. The maximum atomic E-state index is 11.7. The van der Waals surface area contributed by atoms with Gasteiger partial charge in [0.15, 0.2) is 6.29 Å². The summed E-state index contributed by atoms with van der Waals surface area (Å²) in [4.78, 5) is 0. The molecule has 13 heavy (non-hydrogen) atoms. The molecule has 0 saturated carbocycles. The molecule has 0 N–H and O–H groups in total. The number of ether oxygens (including phenoxy) is 1. The maximum absolute atomic E-state index is 11.7. The van der Waals surface area contributed by atoms with Gasteiger partial charge in [0.1, 0.15) is 0 Å². The van der Waals surface area contributed by atoms with Gasteiger partial charge in [-0.1, -0.05) is 0 Å². The largest absolute Gasteiger partial charge is 0.523 e. The van der Waals surface area contributed by atoms with Crippen LogP contribution >= 0.6 is 0 Å². The minimum absolute atomic E-state index is 0.0640. The smallest absolute Gasteiger partial charge is 0.352 e. The molecule has 0 saturated heterocycles. The van der Waals surface area contributed by atoms with E-state index in [2.05, 4.69) is 8.92 Å². The van der Waals surface area contributed by atoms with E-state index in [1.807, 2.05) is 0 Å². The second-order valence-corrected chi connectivity index (χ2v) is 3.58. The maximum Gasteiger partial charge on any atom is 0.523 e. The molecule has 0 aliphatic heterocycles. The summed E-state index contributed by atoms with van der Waals surface area (Å²) in [5.41, 5.74) is -5.40. The summed E-state index contributed by atoms with van der Waals surface area (Å²) in [6.45, 7) is 2.63. The summed E-state index contributed by atoms with van der Waals surface area (Å²) in [5.74, 6) is 0. The average molecular weight is 222 g/mol. The van der Waals surface area contributed by atoms with Crippen LogP contribution in [0, 0.1) is 0 Å². The van der Waals surface area contributed by atoms with Gasteiger partial charge in [-0.05, 0) is 13.8 Å². The average Bonchev–Trinajstić information content (AvgIpc) is 1.83. The Hall–Kier alpha value is -0.340. The molecule has 0 spiro atoms. The van der Waals surface area contributed by atoms with Gasteiger partial charge in [0.25, 0.3) is 0 Å². The predicted molar refractivity (Wildman–Crippen MR) is 37.1 cm³/mol. The van der Waals surface area contributed by atoms with Crippen LogP contribution in [0.3, 0.4) is 0 Å². The Morgan fingerprint density at radius 1 is 1.38 bits per heavy atom. The van der Waals surface area contributed by atoms with Crippen LogP contribution < -0.4 is 0 Å². The lowest BCUT2D eigenvalue weighted by Gasteiger charge is -2.13. The SMILES string of the molecule is CCOC(C)OS(=O)(=O)C(F)(F)F. The molecule has 0 aliphatic carbocycles. The highest BCUT2D eigenvalue weighted by Gasteiger charge is 2.48. The Bertz CT molecular complexity index is 245. The van der Waals surface area contributed by atoms with Crippen LogP contribution in [-0.2, 0) is 19.0 Å². The van der Waals surface area contributed by atoms with Crippen molar-refractivity contribution in [1.82, 2.24) is 0 Å². The summed E-state index contributed by atoms with van der Waals surface area (Å²) in [5, 5.41) is 0. The van der Waals surface area contributed by atoms with Crippen LogP contribution in [0.25, 0.3) is 0 Å². The Morgan fingerprint density at radius 3 is 2.15 bits per heavy atom. The Balaban J connectivity index is 4.36. The Morgan fingerprint density at radius 2 is 1.85 bits per heavy atom. The lowest BCUT2D eigenvalue weighted by Crippen LogP contribution is -2.30. The third kappa shape index (κ3) is 3.92. The van der Waals surface area contributed by atoms with Crippen molar-refractivity contribution in [2.45, 2.75) is 25.6 Å². The van der Waals surface area contributed by atoms with E-state index < -0.39 is 21.9 Å². The van der Waals surface area contributed by atoms with Gasteiger partial charge in [0.05, 0.1) is 0 Å². The van der Waals surface area contributed by atoms with E-state index in [9.17, 15) is 21.6 Å². The molecule has 0 aromatic rings. The van der Waals surface area contributed by atoms with Crippen molar-refractivity contribution in [3.05, 3.63) is 0 Å². The molecule has 0 aliphatic rings.